The SMILES string of the molecule is CCNC(=NCCc1nnc2ccccn12)NC(C)C(C)C1CCCCC1. The van der Waals surface area contributed by atoms with E-state index in [4.69, 9.17) is 4.99 Å². The maximum absolute atomic E-state index is 4.78. The first-order valence-corrected chi connectivity index (χ1v) is 10.5. The van der Waals surface area contributed by atoms with Gasteiger partial charge >= 0.3 is 0 Å². The molecule has 0 saturated heterocycles. The van der Waals surface area contributed by atoms with Gasteiger partial charge in [0.15, 0.2) is 11.6 Å². The molecule has 0 spiro atoms. The standard InChI is InChI=1S/C21H34N6/c1-4-22-21(24-17(3)16(2)18-10-6-5-7-11-18)23-14-13-20-26-25-19-12-8-9-15-27(19)20/h8-9,12,15-18H,4-7,10-11,13-14H2,1-3H3,(H2,22,23,24). The van der Waals surface area contributed by atoms with Gasteiger partial charge in [-0.05, 0) is 37.8 Å². The van der Waals surface area contributed by atoms with Crippen molar-refractivity contribution in [3.05, 3.63) is 30.2 Å². The summed E-state index contributed by atoms with van der Waals surface area (Å²) >= 11 is 0. The molecule has 1 aliphatic rings. The van der Waals surface area contributed by atoms with Gasteiger partial charge in [0.25, 0.3) is 0 Å². The number of rotatable bonds is 7. The molecule has 6 heteroatoms. The van der Waals surface area contributed by atoms with Gasteiger partial charge in [-0.1, -0.05) is 45.1 Å². The average molecular weight is 371 g/mol. The highest BCUT2D eigenvalue weighted by molar-refractivity contribution is 5.80. The lowest BCUT2D eigenvalue weighted by Gasteiger charge is -2.32. The van der Waals surface area contributed by atoms with Gasteiger partial charge < -0.3 is 10.6 Å². The van der Waals surface area contributed by atoms with Gasteiger partial charge in [-0.25, -0.2) is 0 Å². The Morgan fingerprint density at radius 1 is 1.22 bits per heavy atom. The maximum atomic E-state index is 4.78. The number of hydrogen-bond donors (Lipinski definition) is 2. The molecule has 6 nitrogen and oxygen atoms in total. The molecule has 0 bridgehead atoms. The number of pyridine rings is 1. The van der Waals surface area contributed by atoms with Crippen LogP contribution in [-0.4, -0.2) is 39.7 Å². The fourth-order valence-electron chi connectivity index (χ4n) is 4.06. The molecule has 2 heterocycles. The summed E-state index contributed by atoms with van der Waals surface area (Å²) in [4.78, 5) is 4.78. The number of nitrogens with one attached hydrogen (secondary N) is 2. The minimum absolute atomic E-state index is 0.417. The highest BCUT2D eigenvalue weighted by atomic mass is 15.2. The van der Waals surface area contributed by atoms with E-state index in [0.29, 0.717) is 18.5 Å². The zero-order valence-electron chi connectivity index (χ0n) is 17.0. The summed E-state index contributed by atoms with van der Waals surface area (Å²) in [6.45, 7) is 8.34. The largest absolute Gasteiger partial charge is 0.357 e. The summed E-state index contributed by atoms with van der Waals surface area (Å²) in [5, 5.41) is 15.5. The van der Waals surface area contributed by atoms with E-state index in [1.165, 1.54) is 32.1 Å². The Hall–Kier alpha value is -2.11. The third-order valence-electron chi connectivity index (χ3n) is 5.88. The van der Waals surface area contributed by atoms with Gasteiger partial charge in [-0.3, -0.25) is 9.39 Å². The molecule has 1 saturated carbocycles. The Morgan fingerprint density at radius 2 is 2.04 bits per heavy atom. The van der Waals surface area contributed by atoms with Crippen molar-refractivity contribution in [1.82, 2.24) is 25.2 Å². The highest BCUT2D eigenvalue weighted by Gasteiger charge is 2.24. The summed E-state index contributed by atoms with van der Waals surface area (Å²) in [5.74, 6) is 3.36. The molecule has 0 radical (unpaired) electrons. The first-order valence-electron chi connectivity index (χ1n) is 10.5. The van der Waals surface area contributed by atoms with Gasteiger partial charge in [0, 0.05) is 31.7 Å². The van der Waals surface area contributed by atoms with Crippen molar-refractivity contribution in [2.45, 2.75) is 65.3 Å². The van der Waals surface area contributed by atoms with Crippen molar-refractivity contribution in [3.63, 3.8) is 0 Å². The Labute approximate surface area is 162 Å². The van der Waals surface area contributed by atoms with Crippen molar-refractivity contribution in [2.24, 2.45) is 16.8 Å². The molecule has 27 heavy (non-hydrogen) atoms. The van der Waals surface area contributed by atoms with Gasteiger partial charge in [0.05, 0.1) is 0 Å². The molecular formula is C21H34N6. The predicted molar refractivity (Wildman–Crippen MR) is 111 cm³/mol. The lowest BCUT2D eigenvalue weighted by atomic mass is 9.78. The summed E-state index contributed by atoms with van der Waals surface area (Å²) in [6, 6.07) is 6.37. The van der Waals surface area contributed by atoms with Crippen LogP contribution in [0.1, 0.15) is 58.7 Å². The molecule has 2 N–H and O–H groups in total. The van der Waals surface area contributed by atoms with Gasteiger partial charge in [0.2, 0.25) is 0 Å². The number of aliphatic imine (C=N–C) groups is 1. The topological polar surface area (TPSA) is 66.6 Å². The fourth-order valence-corrected chi connectivity index (χ4v) is 4.06. The molecular weight excluding hydrogens is 336 g/mol. The van der Waals surface area contributed by atoms with Crippen LogP contribution in [0.4, 0.5) is 0 Å². The van der Waals surface area contributed by atoms with E-state index in [2.05, 4.69) is 41.6 Å². The minimum Gasteiger partial charge on any atom is -0.357 e. The van der Waals surface area contributed by atoms with Crippen LogP contribution in [0.3, 0.4) is 0 Å². The van der Waals surface area contributed by atoms with E-state index in [1.54, 1.807) is 0 Å². The van der Waals surface area contributed by atoms with Crippen LogP contribution < -0.4 is 10.6 Å². The monoisotopic (exact) mass is 370 g/mol. The van der Waals surface area contributed by atoms with Crippen LogP contribution in [-0.2, 0) is 6.42 Å². The Balaban J connectivity index is 1.57. The zero-order valence-corrected chi connectivity index (χ0v) is 17.0. The summed E-state index contributed by atoms with van der Waals surface area (Å²) < 4.78 is 2.03. The number of aromatic nitrogens is 3. The van der Waals surface area contributed by atoms with Gasteiger partial charge in [0.1, 0.15) is 5.82 Å². The average Bonchev–Trinajstić information content (AvgIpc) is 3.11. The molecule has 148 valence electrons. The Kier molecular flexibility index (Phi) is 7.07. The first-order chi connectivity index (χ1) is 13.2. The van der Waals surface area contributed by atoms with E-state index < -0.39 is 0 Å². The molecule has 2 atom stereocenters. The number of fused-ring (bicyclic) bond motifs is 1. The summed E-state index contributed by atoms with van der Waals surface area (Å²) in [7, 11) is 0. The molecule has 2 unspecified atom stereocenters. The second kappa shape index (κ2) is 9.72. The first kappa shape index (κ1) is 19.6. The van der Waals surface area contributed by atoms with Crippen LogP contribution in [0.15, 0.2) is 29.4 Å². The van der Waals surface area contributed by atoms with Crippen LogP contribution in [0.5, 0.6) is 0 Å². The third kappa shape index (κ3) is 5.21. The molecule has 3 rings (SSSR count). The van der Waals surface area contributed by atoms with Crippen LogP contribution in [0, 0.1) is 11.8 Å². The maximum Gasteiger partial charge on any atom is 0.191 e. The van der Waals surface area contributed by atoms with E-state index in [0.717, 1.165) is 36.3 Å². The number of nitrogens with zero attached hydrogens (tertiary/aromatic N) is 4. The normalized spacial score (nSPS) is 18.4. The van der Waals surface area contributed by atoms with E-state index >= 15 is 0 Å². The number of hydrogen-bond acceptors (Lipinski definition) is 3. The zero-order chi connectivity index (χ0) is 19.1. The summed E-state index contributed by atoms with van der Waals surface area (Å²) in [5.41, 5.74) is 0.886. The minimum atomic E-state index is 0.417. The Bertz CT molecular complexity index is 731. The third-order valence-corrected chi connectivity index (χ3v) is 5.88. The fraction of sp³-hybridized carbons (Fsp3) is 0.667. The molecule has 2 aromatic heterocycles. The van der Waals surface area contributed by atoms with Crippen LogP contribution in [0.25, 0.3) is 5.65 Å². The van der Waals surface area contributed by atoms with Gasteiger partial charge in [-0.15, -0.1) is 10.2 Å². The highest BCUT2D eigenvalue weighted by Crippen LogP contribution is 2.31. The second-order valence-corrected chi connectivity index (χ2v) is 7.75. The van der Waals surface area contributed by atoms with E-state index in [-0.39, 0.29) is 0 Å². The van der Waals surface area contributed by atoms with Crippen molar-refractivity contribution in [1.29, 1.82) is 0 Å². The van der Waals surface area contributed by atoms with E-state index in [9.17, 15) is 0 Å². The molecule has 1 aliphatic carbocycles. The van der Waals surface area contributed by atoms with Crippen molar-refractivity contribution in [3.8, 4) is 0 Å². The Morgan fingerprint density at radius 3 is 2.81 bits per heavy atom. The van der Waals surface area contributed by atoms with Crippen molar-refractivity contribution in [2.75, 3.05) is 13.1 Å². The molecule has 0 amide bonds. The van der Waals surface area contributed by atoms with Gasteiger partial charge in [-0.2, -0.15) is 0 Å². The molecule has 1 fully saturated rings. The summed E-state index contributed by atoms with van der Waals surface area (Å²) in [6.07, 6.45) is 9.72. The van der Waals surface area contributed by atoms with Crippen molar-refractivity contribution >= 4 is 11.6 Å². The molecule has 2 aromatic rings. The second-order valence-electron chi connectivity index (χ2n) is 7.75. The van der Waals surface area contributed by atoms with Crippen molar-refractivity contribution < 1.29 is 0 Å². The lowest BCUT2D eigenvalue weighted by Crippen LogP contribution is -2.46. The van der Waals surface area contributed by atoms with Crippen LogP contribution in [0.2, 0.25) is 0 Å². The molecule has 0 aliphatic heterocycles. The van der Waals surface area contributed by atoms with Crippen LogP contribution >= 0.6 is 0 Å². The smallest absolute Gasteiger partial charge is 0.191 e. The quantitative estimate of drug-likeness (QED) is 0.579. The van der Waals surface area contributed by atoms with E-state index in [1.807, 2.05) is 28.8 Å². The predicted octanol–water partition coefficient (Wildman–Crippen LogP) is 3.43. The molecule has 0 aromatic carbocycles. The lowest BCUT2D eigenvalue weighted by molar-refractivity contribution is 0.229. The number of guanidine groups is 1.